The minimum atomic E-state index is 0.00713. The van der Waals surface area contributed by atoms with Gasteiger partial charge in [-0.05, 0) is 37.9 Å². The van der Waals surface area contributed by atoms with E-state index in [0.29, 0.717) is 5.75 Å². The molecule has 0 fully saturated rings. The lowest BCUT2D eigenvalue weighted by atomic mass is 10.3. The average Bonchev–Trinajstić information content (AvgIpc) is 2.68. The quantitative estimate of drug-likeness (QED) is 0.871. The van der Waals surface area contributed by atoms with Crippen molar-refractivity contribution in [2.45, 2.75) is 0 Å². The highest BCUT2D eigenvalue weighted by Gasteiger charge is 2.10. The normalized spacial score (nSPS) is 10.3. The molecule has 8 heteroatoms. The van der Waals surface area contributed by atoms with Crippen LogP contribution in [0.15, 0.2) is 25.5 Å². The largest absolute Gasteiger partial charge is 0.495 e. The first-order chi connectivity index (χ1) is 8.10. The molecule has 0 bridgehead atoms. The van der Waals surface area contributed by atoms with Gasteiger partial charge in [-0.2, -0.15) is 0 Å². The molecule has 3 N–H and O–H groups in total. The fourth-order valence-electron chi connectivity index (χ4n) is 1.18. The smallest absolute Gasteiger partial charge is 0.321 e. The molecule has 0 saturated heterocycles. The van der Waals surface area contributed by atoms with E-state index in [-0.39, 0.29) is 12.0 Å². The molecule has 2 aromatic rings. The van der Waals surface area contributed by atoms with Crippen molar-refractivity contribution >= 4 is 49.6 Å². The Hall–Kier alpha value is -1.28. The lowest BCUT2D eigenvalue weighted by Gasteiger charge is -2.09. The van der Waals surface area contributed by atoms with Gasteiger partial charge in [0.25, 0.3) is 0 Å². The SMILES string of the molecule is COc1cc(Nc2nnc(N)o2)c(Br)cc1Br. The Morgan fingerprint density at radius 1 is 1.29 bits per heavy atom. The van der Waals surface area contributed by atoms with Gasteiger partial charge in [-0.1, -0.05) is 10.2 Å². The molecule has 0 amide bonds. The number of aromatic nitrogens is 2. The van der Waals surface area contributed by atoms with Gasteiger partial charge in [0, 0.05) is 10.5 Å². The number of nitrogens with zero attached hydrogens (tertiary/aromatic N) is 2. The Balaban J connectivity index is 2.32. The Morgan fingerprint density at radius 2 is 2.06 bits per heavy atom. The Kier molecular flexibility index (Phi) is 3.53. The number of nitrogens with one attached hydrogen (secondary N) is 1. The van der Waals surface area contributed by atoms with Crippen molar-refractivity contribution in [3.63, 3.8) is 0 Å². The summed E-state index contributed by atoms with van der Waals surface area (Å²) in [5.74, 6) is 0.684. The number of nitrogens with two attached hydrogens (primary N) is 1. The van der Waals surface area contributed by atoms with E-state index in [9.17, 15) is 0 Å². The molecular weight excluding hydrogens is 356 g/mol. The van der Waals surface area contributed by atoms with Gasteiger partial charge in [0.05, 0.1) is 17.3 Å². The van der Waals surface area contributed by atoms with Crippen molar-refractivity contribution in [3.05, 3.63) is 21.1 Å². The second kappa shape index (κ2) is 4.92. The maximum Gasteiger partial charge on any atom is 0.321 e. The Morgan fingerprint density at radius 3 is 2.65 bits per heavy atom. The third-order valence-electron chi connectivity index (χ3n) is 1.92. The van der Waals surface area contributed by atoms with E-state index in [1.54, 1.807) is 13.2 Å². The van der Waals surface area contributed by atoms with E-state index < -0.39 is 0 Å². The monoisotopic (exact) mass is 362 g/mol. The molecular formula is C9H8Br2N4O2. The molecule has 1 aromatic carbocycles. The van der Waals surface area contributed by atoms with Crippen LogP contribution in [0.2, 0.25) is 0 Å². The molecule has 1 heterocycles. The van der Waals surface area contributed by atoms with Crippen LogP contribution in [-0.4, -0.2) is 17.3 Å². The van der Waals surface area contributed by atoms with Gasteiger partial charge in [0.2, 0.25) is 0 Å². The molecule has 0 aliphatic rings. The Bertz CT molecular complexity index is 544. The molecule has 6 nitrogen and oxygen atoms in total. The summed E-state index contributed by atoms with van der Waals surface area (Å²) in [4.78, 5) is 0. The van der Waals surface area contributed by atoms with E-state index in [2.05, 4.69) is 47.4 Å². The number of ether oxygens (including phenoxy) is 1. The second-order valence-electron chi connectivity index (χ2n) is 3.04. The zero-order valence-electron chi connectivity index (χ0n) is 8.70. The van der Waals surface area contributed by atoms with Crippen LogP contribution < -0.4 is 15.8 Å². The highest BCUT2D eigenvalue weighted by molar-refractivity contribution is 9.11. The highest BCUT2D eigenvalue weighted by atomic mass is 79.9. The molecule has 0 atom stereocenters. The fourth-order valence-corrected chi connectivity index (χ4v) is 2.44. The number of methoxy groups -OCH3 is 1. The fraction of sp³-hybridized carbons (Fsp3) is 0.111. The van der Waals surface area contributed by atoms with Gasteiger partial charge in [0.1, 0.15) is 5.75 Å². The van der Waals surface area contributed by atoms with Gasteiger partial charge in [-0.25, -0.2) is 0 Å². The molecule has 0 saturated carbocycles. The number of hydrogen-bond donors (Lipinski definition) is 2. The molecule has 0 unspecified atom stereocenters. The predicted molar refractivity (Wildman–Crippen MR) is 70.4 cm³/mol. The van der Waals surface area contributed by atoms with Crippen LogP contribution >= 0.6 is 31.9 Å². The van der Waals surface area contributed by atoms with E-state index in [0.717, 1.165) is 14.6 Å². The highest BCUT2D eigenvalue weighted by Crippen LogP contribution is 2.35. The third kappa shape index (κ3) is 2.70. The number of halogens is 2. The lowest BCUT2D eigenvalue weighted by Crippen LogP contribution is -1.94. The molecule has 17 heavy (non-hydrogen) atoms. The van der Waals surface area contributed by atoms with Crippen LogP contribution in [0.3, 0.4) is 0 Å². The summed E-state index contributed by atoms with van der Waals surface area (Å²) in [5, 5.41) is 10.2. The van der Waals surface area contributed by atoms with E-state index in [1.807, 2.05) is 6.07 Å². The standard InChI is InChI=1S/C9H8Br2N4O2/c1-16-7-3-6(4(10)2-5(7)11)13-9-15-14-8(12)17-9/h2-3H,1H3,(H2,12,14)(H,13,15). The maximum absolute atomic E-state index is 5.33. The van der Waals surface area contributed by atoms with Crippen LogP contribution in [0.5, 0.6) is 5.75 Å². The number of hydrogen-bond acceptors (Lipinski definition) is 6. The van der Waals surface area contributed by atoms with E-state index >= 15 is 0 Å². The first-order valence-electron chi connectivity index (χ1n) is 4.49. The van der Waals surface area contributed by atoms with Crippen molar-refractivity contribution in [2.24, 2.45) is 0 Å². The van der Waals surface area contributed by atoms with Crippen molar-refractivity contribution in [1.82, 2.24) is 10.2 Å². The average molecular weight is 364 g/mol. The zero-order valence-corrected chi connectivity index (χ0v) is 11.9. The van der Waals surface area contributed by atoms with Gasteiger partial charge >= 0.3 is 12.0 Å². The van der Waals surface area contributed by atoms with Crippen LogP contribution in [0.25, 0.3) is 0 Å². The molecule has 90 valence electrons. The van der Waals surface area contributed by atoms with Gasteiger partial charge in [-0.15, -0.1) is 0 Å². The van der Waals surface area contributed by atoms with Crippen molar-refractivity contribution in [3.8, 4) is 5.75 Å². The van der Waals surface area contributed by atoms with Gasteiger partial charge in [0.15, 0.2) is 0 Å². The summed E-state index contributed by atoms with van der Waals surface area (Å²) in [7, 11) is 1.59. The summed E-state index contributed by atoms with van der Waals surface area (Å²) >= 11 is 6.78. The molecule has 0 spiro atoms. The number of benzene rings is 1. The molecule has 0 radical (unpaired) electrons. The zero-order chi connectivity index (χ0) is 12.4. The minimum absolute atomic E-state index is 0.00713. The topological polar surface area (TPSA) is 86.2 Å². The summed E-state index contributed by atoms with van der Waals surface area (Å²) in [6.45, 7) is 0. The van der Waals surface area contributed by atoms with Gasteiger partial charge in [-0.3, -0.25) is 0 Å². The van der Waals surface area contributed by atoms with Crippen LogP contribution in [0, 0.1) is 0 Å². The van der Waals surface area contributed by atoms with E-state index in [1.165, 1.54) is 0 Å². The second-order valence-corrected chi connectivity index (χ2v) is 4.75. The summed E-state index contributed by atoms with van der Waals surface area (Å²) in [6, 6.07) is 3.86. The molecule has 1 aromatic heterocycles. The van der Waals surface area contributed by atoms with Gasteiger partial charge < -0.3 is 20.2 Å². The molecule has 2 rings (SSSR count). The summed E-state index contributed by atoms with van der Waals surface area (Å²) in [6.07, 6.45) is 0. The van der Waals surface area contributed by atoms with Crippen molar-refractivity contribution in [1.29, 1.82) is 0 Å². The lowest BCUT2D eigenvalue weighted by molar-refractivity contribution is 0.412. The predicted octanol–water partition coefficient (Wildman–Crippen LogP) is 2.93. The number of anilines is 3. The van der Waals surface area contributed by atoms with Crippen LogP contribution in [0.4, 0.5) is 17.7 Å². The summed E-state index contributed by atoms with van der Waals surface area (Å²) in [5.41, 5.74) is 6.06. The first-order valence-corrected chi connectivity index (χ1v) is 6.08. The van der Waals surface area contributed by atoms with Crippen LogP contribution in [0.1, 0.15) is 0 Å². The van der Waals surface area contributed by atoms with Crippen molar-refractivity contribution in [2.75, 3.05) is 18.2 Å². The van der Waals surface area contributed by atoms with E-state index in [4.69, 9.17) is 14.9 Å². The Labute approximate surface area is 114 Å². The maximum atomic E-state index is 5.33. The first kappa shape index (κ1) is 12.2. The number of nitrogen functional groups attached to an aromatic ring is 1. The number of rotatable bonds is 3. The van der Waals surface area contributed by atoms with Crippen LogP contribution in [-0.2, 0) is 0 Å². The van der Waals surface area contributed by atoms with Crippen molar-refractivity contribution < 1.29 is 9.15 Å². The minimum Gasteiger partial charge on any atom is -0.495 e. The molecule has 0 aliphatic carbocycles. The molecule has 0 aliphatic heterocycles. The summed E-state index contributed by atoms with van der Waals surface area (Å²) < 4.78 is 11.9. The third-order valence-corrected chi connectivity index (χ3v) is 3.20.